The Morgan fingerprint density at radius 3 is 2.10 bits per heavy atom. The lowest BCUT2D eigenvalue weighted by Gasteiger charge is -2.24. The molecule has 0 aliphatic carbocycles. The lowest BCUT2D eigenvalue weighted by Crippen LogP contribution is -2.23. The third kappa shape index (κ3) is 1.63. The van der Waals surface area contributed by atoms with E-state index in [2.05, 4.69) is 19.2 Å². The van der Waals surface area contributed by atoms with Gasteiger partial charge in [-0.05, 0) is 20.3 Å². The lowest BCUT2D eigenvalue weighted by atomic mass is 9.83. The number of hydrogen-bond acceptors (Lipinski definition) is 1. The zero-order valence-corrected chi connectivity index (χ0v) is 7.66. The molecule has 0 amide bonds. The van der Waals surface area contributed by atoms with Gasteiger partial charge in [-0.15, -0.1) is 12.6 Å². The summed E-state index contributed by atoms with van der Waals surface area (Å²) in [5.74, 6) is 0. The Morgan fingerprint density at radius 2 is 2.10 bits per heavy atom. The summed E-state index contributed by atoms with van der Waals surface area (Å²) < 4.78 is 0. The fourth-order valence-electron chi connectivity index (χ4n) is 0.636. The van der Waals surface area contributed by atoms with Crippen molar-refractivity contribution in [3.05, 3.63) is 12.2 Å². The first-order valence-corrected chi connectivity index (χ1v) is 3.79. The molecule has 0 heterocycles. The summed E-state index contributed by atoms with van der Waals surface area (Å²) in [6.45, 7) is 9.44. The molecule has 0 aliphatic heterocycles. The minimum atomic E-state index is -0.427. The van der Waals surface area contributed by atoms with Crippen molar-refractivity contribution < 1.29 is 4.79 Å². The summed E-state index contributed by atoms with van der Waals surface area (Å²) in [4.78, 5) is 10.9. The van der Waals surface area contributed by atoms with E-state index in [1.54, 1.807) is 0 Å². The second kappa shape index (κ2) is 3.24. The summed E-state index contributed by atoms with van der Waals surface area (Å²) in [6, 6.07) is 0. The van der Waals surface area contributed by atoms with Crippen LogP contribution in [0.4, 0.5) is 0 Å². The first-order valence-electron chi connectivity index (χ1n) is 3.34. The lowest BCUT2D eigenvalue weighted by molar-refractivity contribution is -0.117. The summed E-state index contributed by atoms with van der Waals surface area (Å²) in [6.07, 6.45) is 0.769. The molecule has 0 aromatic carbocycles. The van der Waals surface area contributed by atoms with E-state index in [4.69, 9.17) is 0 Å². The van der Waals surface area contributed by atoms with Crippen LogP contribution >= 0.6 is 12.6 Å². The van der Waals surface area contributed by atoms with Crippen molar-refractivity contribution in [3.63, 3.8) is 0 Å². The van der Waals surface area contributed by atoms with Crippen molar-refractivity contribution in [2.24, 2.45) is 5.41 Å². The maximum atomic E-state index is 10.9. The molecule has 0 aromatic rings. The molecule has 10 heavy (non-hydrogen) atoms. The van der Waals surface area contributed by atoms with Gasteiger partial charge in [-0.3, -0.25) is 4.79 Å². The van der Waals surface area contributed by atoms with E-state index < -0.39 is 5.41 Å². The van der Waals surface area contributed by atoms with Crippen LogP contribution in [-0.2, 0) is 4.79 Å². The molecule has 0 bridgehead atoms. The summed E-state index contributed by atoms with van der Waals surface area (Å²) in [5, 5.41) is -0.0949. The second-order valence-corrected chi connectivity index (χ2v) is 3.18. The minimum absolute atomic E-state index is 0.0949. The van der Waals surface area contributed by atoms with Gasteiger partial charge in [-0.2, -0.15) is 0 Å². The fourth-order valence-corrected chi connectivity index (χ4v) is 0.985. The molecule has 0 saturated heterocycles. The molecule has 1 unspecified atom stereocenters. The van der Waals surface area contributed by atoms with Crippen LogP contribution < -0.4 is 0 Å². The highest BCUT2D eigenvalue weighted by atomic mass is 32.1. The average Bonchev–Trinajstić information content (AvgIpc) is 1.85. The monoisotopic (exact) mass is 158 g/mol. The molecular weight excluding hydrogens is 144 g/mol. The predicted octanol–water partition coefficient (Wildman–Crippen LogP) is 2.44. The van der Waals surface area contributed by atoms with E-state index in [1.165, 1.54) is 0 Å². The molecule has 0 spiro atoms. The summed E-state index contributed by atoms with van der Waals surface area (Å²) >= 11 is 3.80. The summed E-state index contributed by atoms with van der Waals surface area (Å²) in [5.41, 5.74) is 0.457. The van der Waals surface area contributed by atoms with Gasteiger partial charge in [-0.1, -0.05) is 19.1 Å². The Balaban J connectivity index is 4.55. The molecule has 0 radical (unpaired) electrons. The maximum Gasteiger partial charge on any atom is 0.195 e. The number of rotatable bonds is 3. The van der Waals surface area contributed by atoms with Crippen molar-refractivity contribution in [1.29, 1.82) is 0 Å². The maximum absolute atomic E-state index is 10.9. The van der Waals surface area contributed by atoms with Gasteiger partial charge in [0.2, 0.25) is 0 Å². The van der Waals surface area contributed by atoms with Crippen LogP contribution in [0.25, 0.3) is 0 Å². The van der Waals surface area contributed by atoms with E-state index in [0.29, 0.717) is 0 Å². The Morgan fingerprint density at radius 1 is 1.70 bits per heavy atom. The van der Waals surface area contributed by atoms with Crippen molar-refractivity contribution in [1.82, 2.24) is 0 Å². The van der Waals surface area contributed by atoms with Gasteiger partial charge in [0.05, 0.1) is 5.41 Å². The zero-order chi connectivity index (χ0) is 8.36. The van der Waals surface area contributed by atoms with E-state index >= 15 is 0 Å². The minimum Gasteiger partial charge on any atom is -0.287 e. The Bertz CT molecular complexity index is 147. The SMILES string of the molecule is C=C(C)C(C)(CC)C(=O)S. The quantitative estimate of drug-likeness (QED) is 0.493. The molecule has 0 fully saturated rings. The van der Waals surface area contributed by atoms with Gasteiger partial charge < -0.3 is 0 Å². The number of allylic oxidation sites excluding steroid dienone is 1. The Kier molecular flexibility index (Phi) is 3.16. The normalized spacial score (nSPS) is 16.0. The number of thiol groups is 1. The molecule has 58 valence electrons. The largest absolute Gasteiger partial charge is 0.287 e. The van der Waals surface area contributed by atoms with E-state index in [-0.39, 0.29) is 5.12 Å². The van der Waals surface area contributed by atoms with Crippen LogP contribution in [0.1, 0.15) is 27.2 Å². The van der Waals surface area contributed by atoms with Gasteiger partial charge in [0.1, 0.15) is 0 Å². The van der Waals surface area contributed by atoms with Gasteiger partial charge >= 0.3 is 0 Å². The molecule has 0 aromatic heterocycles. The van der Waals surface area contributed by atoms with Crippen molar-refractivity contribution >= 4 is 17.7 Å². The van der Waals surface area contributed by atoms with Crippen LogP contribution in [0.3, 0.4) is 0 Å². The van der Waals surface area contributed by atoms with E-state index in [9.17, 15) is 4.79 Å². The van der Waals surface area contributed by atoms with Crippen LogP contribution in [-0.4, -0.2) is 5.12 Å². The highest BCUT2D eigenvalue weighted by Crippen LogP contribution is 2.31. The third-order valence-corrected chi connectivity index (χ3v) is 2.61. The fraction of sp³-hybridized carbons (Fsp3) is 0.625. The smallest absolute Gasteiger partial charge is 0.195 e. The van der Waals surface area contributed by atoms with Crippen molar-refractivity contribution in [2.75, 3.05) is 0 Å². The van der Waals surface area contributed by atoms with Crippen molar-refractivity contribution in [3.8, 4) is 0 Å². The Labute approximate surface area is 67.9 Å². The van der Waals surface area contributed by atoms with Crippen molar-refractivity contribution in [2.45, 2.75) is 27.2 Å². The first-order chi connectivity index (χ1) is 4.45. The van der Waals surface area contributed by atoms with Gasteiger partial charge in [0.25, 0.3) is 0 Å². The van der Waals surface area contributed by atoms with Crippen LogP contribution in [0.15, 0.2) is 12.2 Å². The molecule has 1 nitrogen and oxygen atoms in total. The number of carbonyl (C=O) groups is 1. The molecule has 0 saturated carbocycles. The average molecular weight is 158 g/mol. The molecule has 0 rings (SSSR count). The van der Waals surface area contributed by atoms with Gasteiger partial charge in [0, 0.05) is 0 Å². The standard InChI is InChI=1S/C8H14OS/c1-5-8(4,6(2)3)7(9)10/h2,5H2,1,3-4H3,(H,9,10). The highest BCUT2D eigenvalue weighted by Gasteiger charge is 2.28. The topological polar surface area (TPSA) is 17.1 Å². The van der Waals surface area contributed by atoms with Gasteiger partial charge in [-0.25, -0.2) is 0 Å². The van der Waals surface area contributed by atoms with Gasteiger partial charge in [0.15, 0.2) is 5.12 Å². The number of hydrogen-bond donors (Lipinski definition) is 1. The highest BCUT2D eigenvalue weighted by molar-refractivity contribution is 7.96. The second-order valence-electron chi connectivity index (χ2n) is 2.77. The van der Waals surface area contributed by atoms with Crippen LogP contribution in [0, 0.1) is 5.41 Å². The molecular formula is C8H14OS. The zero-order valence-electron chi connectivity index (χ0n) is 6.77. The predicted molar refractivity (Wildman–Crippen MR) is 47.2 cm³/mol. The molecule has 1 atom stereocenters. The number of carbonyl (C=O) groups excluding carboxylic acids is 1. The third-order valence-electron chi connectivity index (χ3n) is 2.12. The van der Waals surface area contributed by atoms with E-state index in [1.807, 2.05) is 20.8 Å². The van der Waals surface area contributed by atoms with Crippen LogP contribution in [0.2, 0.25) is 0 Å². The molecule has 0 N–H and O–H groups in total. The van der Waals surface area contributed by atoms with E-state index in [0.717, 1.165) is 12.0 Å². The first kappa shape index (κ1) is 9.76. The molecule has 0 aliphatic rings. The Hall–Kier alpha value is -0.240. The summed E-state index contributed by atoms with van der Waals surface area (Å²) in [7, 11) is 0. The van der Waals surface area contributed by atoms with Crippen LogP contribution in [0.5, 0.6) is 0 Å². The molecule has 2 heteroatoms.